The van der Waals surface area contributed by atoms with E-state index in [9.17, 15) is 5.26 Å². The van der Waals surface area contributed by atoms with E-state index >= 15 is 0 Å². The lowest BCUT2D eigenvalue weighted by Gasteiger charge is -2.33. The molecule has 3 heteroatoms. The summed E-state index contributed by atoms with van der Waals surface area (Å²) in [6.45, 7) is 3.28. The molecule has 0 radical (unpaired) electrons. The molecule has 1 saturated heterocycles. The van der Waals surface area contributed by atoms with Crippen molar-refractivity contribution in [2.45, 2.75) is 57.7 Å². The number of nitriles is 1. The Morgan fingerprint density at radius 3 is 3.00 bits per heavy atom. The fourth-order valence-electron chi connectivity index (χ4n) is 4.70. The van der Waals surface area contributed by atoms with Gasteiger partial charge in [0.05, 0.1) is 11.1 Å². The predicted octanol–water partition coefficient (Wildman–Crippen LogP) is 3.96. The van der Waals surface area contributed by atoms with Crippen molar-refractivity contribution >= 4 is 5.52 Å². The van der Waals surface area contributed by atoms with Crippen LogP contribution >= 0.6 is 0 Å². The number of hydrogen-bond acceptors (Lipinski definition) is 2. The molecule has 114 valence electrons. The maximum Gasteiger partial charge on any atom is 0.102 e. The number of rotatable bonds is 2. The van der Waals surface area contributed by atoms with E-state index in [0.29, 0.717) is 6.04 Å². The van der Waals surface area contributed by atoms with Gasteiger partial charge in [0.2, 0.25) is 0 Å². The van der Waals surface area contributed by atoms with Gasteiger partial charge >= 0.3 is 0 Å². The lowest BCUT2D eigenvalue weighted by atomic mass is 9.85. The quantitative estimate of drug-likeness (QED) is 0.839. The topological polar surface area (TPSA) is 31.4 Å². The van der Waals surface area contributed by atoms with Crippen LogP contribution in [0.15, 0.2) is 30.6 Å². The van der Waals surface area contributed by atoms with Gasteiger partial charge in [-0.15, -0.1) is 0 Å². The van der Waals surface area contributed by atoms with E-state index in [0.717, 1.165) is 29.6 Å². The molecule has 22 heavy (non-hydrogen) atoms. The molecule has 3 nitrogen and oxygen atoms in total. The Hall–Kier alpha value is -1.79. The molecule has 1 aliphatic carbocycles. The van der Waals surface area contributed by atoms with Crippen molar-refractivity contribution in [3.05, 3.63) is 41.7 Å². The molecular formula is C19H23N3. The minimum absolute atomic E-state index is 0.641. The highest BCUT2D eigenvalue weighted by Gasteiger charge is 2.40. The molecule has 0 N–H and O–H groups in total. The van der Waals surface area contributed by atoms with Crippen LogP contribution in [0.4, 0.5) is 0 Å². The number of likely N-dealkylation sites (tertiary alicyclic amines) is 1. The molecule has 0 spiro atoms. The van der Waals surface area contributed by atoms with Crippen LogP contribution in [0.1, 0.15) is 50.2 Å². The summed E-state index contributed by atoms with van der Waals surface area (Å²) >= 11 is 0. The van der Waals surface area contributed by atoms with Gasteiger partial charge in [-0.25, -0.2) is 0 Å². The molecule has 0 amide bonds. The molecule has 0 bridgehead atoms. The van der Waals surface area contributed by atoms with Gasteiger partial charge in [-0.05, 0) is 44.2 Å². The third-order valence-electron chi connectivity index (χ3n) is 5.73. The van der Waals surface area contributed by atoms with Crippen molar-refractivity contribution in [2.24, 2.45) is 5.92 Å². The highest BCUT2D eigenvalue weighted by atomic mass is 15.2. The van der Waals surface area contributed by atoms with E-state index in [1.807, 2.05) is 24.4 Å². The normalized spacial score (nSPS) is 28.6. The van der Waals surface area contributed by atoms with Gasteiger partial charge in [-0.1, -0.05) is 18.9 Å². The SMILES string of the molecule is C[C@@H]1C[C@@H]2CCCC[C@@H]2N1Cc1cn2ccccc2c1C#N. The second kappa shape index (κ2) is 5.44. The summed E-state index contributed by atoms with van der Waals surface area (Å²) in [5.74, 6) is 0.881. The second-order valence-electron chi connectivity index (χ2n) is 7.00. The smallest absolute Gasteiger partial charge is 0.102 e. The molecule has 2 aromatic rings. The average molecular weight is 293 g/mol. The van der Waals surface area contributed by atoms with Gasteiger partial charge in [0.15, 0.2) is 0 Å². The molecule has 2 fully saturated rings. The highest BCUT2D eigenvalue weighted by molar-refractivity contribution is 5.65. The van der Waals surface area contributed by atoms with Crippen molar-refractivity contribution in [1.82, 2.24) is 9.30 Å². The zero-order valence-corrected chi connectivity index (χ0v) is 13.2. The Kier molecular flexibility index (Phi) is 3.43. The first kappa shape index (κ1) is 13.8. The third-order valence-corrected chi connectivity index (χ3v) is 5.73. The van der Waals surface area contributed by atoms with Gasteiger partial charge in [0.25, 0.3) is 0 Å². The van der Waals surface area contributed by atoms with Crippen LogP contribution in [-0.4, -0.2) is 21.4 Å². The summed E-state index contributed by atoms with van der Waals surface area (Å²) in [4.78, 5) is 2.67. The summed E-state index contributed by atoms with van der Waals surface area (Å²) in [6.07, 6.45) is 11.0. The fraction of sp³-hybridized carbons (Fsp3) is 0.526. The highest BCUT2D eigenvalue weighted by Crippen LogP contribution is 2.40. The minimum atomic E-state index is 0.641. The first-order valence-corrected chi connectivity index (χ1v) is 8.52. The van der Waals surface area contributed by atoms with E-state index in [2.05, 4.69) is 28.5 Å². The van der Waals surface area contributed by atoms with Crippen molar-refractivity contribution < 1.29 is 0 Å². The molecule has 0 aromatic carbocycles. The number of fused-ring (bicyclic) bond motifs is 2. The summed E-state index contributed by atoms with van der Waals surface area (Å²) < 4.78 is 2.09. The molecule has 0 unspecified atom stereocenters. The Labute approximate surface area is 132 Å². The van der Waals surface area contributed by atoms with Gasteiger partial charge in [0.1, 0.15) is 6.07 Å². The molecular weight excluding hydrogens is 270 g/mol. The van der Waals surface area contributed by atoms with Crippen LogP contribution < -0.4 is 0 Å². The Bertz CT molecular complexity index is 724. The van der Waals surface area contributed by atoms with Gasteiger partial charge in [-0.2, -0.15) is 5.26 Å². The summed E-state index contributed by atoms with van der Waals surface area (Å²) in [6, 6.07) is 9.88. The van der Waals surface area contributed by atoms with Crippen LogP contribution in [0.5, 0.6) is 0 Å². The largest absolute Gasteiger partial charge is 0.322 e. The Morgan fingerprint density at radius 1 is 1.27 bits per heavy atom. The van der Waals surface area contributed by atoms with Crippen molar-refractivity contribution in [2.75, 3.05) is 0 Å². The fourth-order valence-corrected chi connectivity index (χ4v) is 4.70. The van der Waals surface area contributed by atoms with Crippen LogP contribution in [0.2, 0.25) is 0 Å². The molecule has 3 atom stereocenters. The Morgan fingerprint density at radius 2 is 2.14 bits per heavy atom. The third kappa shape index (κ3) is 2.14. The predicted molar refractivity (Wildman–Crippen MR) is 87.5 cm³/mol. The zero-order chi connectivity index (χ0) is 15.1. The van der Waals surface area contributed by atoms with Crippen LogP contribution in [0.25, 0.3) is 5.52 Å². The zero-order valence-electron chi connectivity index (χ0n) is 13.2. The Balaban J connectivity index is 1.67. The van der Waals surface area contributed by atoms with E-state index in [4.69, 9.17) is 0 Å². The molecule has 1 aliphatic heterocycles. The molecule has 4 rings (SSSR count). The van der Waals surface area contributed by atoms with E-state index in [-0.39, 0.29) is 0 Å². The summed E-state index contributed by atoms with van der Waals surface area (Å²) in [7, 11) is 0. The molecule has 3 heterocycles. The summed E-state index contributed by atoms with van der Waals surface area (Å²) in [5, 5.41) is 9.60. The monoisotopic (exact) mass is 293 g/mol. The van der Waals surface area contributed by atoms with Gasteiger partial charge < -0.3 is 4.40 Å². The number of aromatic nitrogens is 1. The molecule has 2 aromatic heterocycles. The van der Waals surface area contributed by atoms with E-state index in [1.54, 1.807) is 0 Å². The van der Waals surface area contributed by atoms with E-state index in [1.165, 1.54) is 37.7 Å². The average Bonchev–Trinajstić information content (AvgIpc) is 3.05. The first-order chi connectivity index (χ1) is 10.8. The van der Waals surface area contributed by atoms with Gasteiger partial charge in [0, 0.05) is 36.6 Å². The van der Waals surface area contributed by atoms with Crippen LogP contribution in [0.3, 0.4) is 0 Å². The van der Waals surface area contributed by atoms with E-state index < -0.39 is 0 Å². The number of pyridine rings is 1. The lowest BCUT2D eigenvalue weighted by molar-refractivity contribution is 0.149. The van der Waals surface area contributed by atoms with Crippen molar-refractivity contribution in [1.29, 1.82) is 5.26 Å². The van der Waals surface area contributed by atoms with Gasteiger partial charge in [-0.3, -0.25) is 4.90 Å². The molecule has 2 aliphatic rings. The summed E-state index contributed by atoms with van der Waals surface area (Å²) in [5.41, 5.74) is 3.07. The first-order valence-electron chi connectivity index (χ1n) is 8.52. The second-order valence-corrected chi connectivity index (χ2v) is 7.00. The standard InChI is InChI=1S/C19H23N3/c1-14-10-15-6-2-3-7-18(15)22(14)13-16-12-21-9-5-4-8-19(21)17(16)11-20/h4-5,8-9,12,14-15,18H,2-3,6-7,10,13H2,1H3/t14-,15+,18+/m1/s1. The minimum Gasteiger partial charge on any atom is -0.322 e. The molecule has 1 saturated carbocycles. The maximum absolute atomic E-state index is 9.60. The van der Waals surface area contributed by atoms with Crippen molar-refractivity contribution in [3.63, 3.8) is 0 Å². The van der Waals surface area contributed by atoms with Crippen molar-refractivity contribution in [3.8, 4) is 6.07 Å². The van der Waals surface area contributed by atoms with Crippen LogP contribution in [0, 0.1) is 17.2 Å². The number of nitrogens with zero attached hydrogens (tertiary/aromatic N) is 3. The van der Waals surface area contributed by atoms with Crippen LogP contribution in [-0.2, 0) is 6.54 Å². The maximum atomic E-state index is 9.60. The lowest BCUT2D eigenvalue weighted by Crippen LogP contribution is -2.37. The number of hydrogen-bond donors (Lipinski definition) is 0.